The van der Waals surface area contributed by atoms with Crippen molar-refractivity contribution >= 4 is 29.5 Å². The van der Waals surface area contributed by atoms with Gasteiger partial charge in [0.05, 0.1) is 29.2 Å². The molecule has 0 aliphatic carbocycles. The van der Waals surface area contributed by atoms with Gasteiger partial charge in [0.15, 0.2) is 0 Å². The molecule has 1 heterocycles. The Kier molecular flexibility index (Phi) is 7.29. The molecule has 0 aliphatic rings. The van der Waals surface area contributed by atoms with Crippen molar-refractivity contribution in [3.8, 4) is 28.2 Å². The molecular formula is C32H25ClN2O2. The molecule has 0 bridgehead atoms. The van der Waals surface area contributed by atoms with Gasteiger partial charge in [0.1, 0.15) is 0 Å². The van der Waals surface area contributed by atoms with E-state index in [2.05, 4.69) is 34.9 Å². The third kappa shape index (κ3) is 5.40. The largest absolute Gasteiger partial charge is 0.462 e. The van der Waals surface area contributed by atoms with Gasteiger partial charge in [0.25, 0.3) is 0 Å². The minimum atomic E-state index is -0.357. The summed E-state index contributed by atoms with van der Waals surface area (Å²) < 4.78 is 7.38. The zero-order chi connectivity index (χ0) is 25.6. The fourth-order valence-corrected chi connectivity index (χ4v) is 4.40. The maximum absolute atomic E-state index is 12.2. The van der Waals surface area contributed by atoms with Crippen LogP contribution in [0.25, 0.3) is 28.2 Å². The van der Waals surface area contributed by atoms with Crippen LogP contribution in [0.1, 0.15) is 22.8 Å². The highest BCUT2D eigenvalue weighted by Gasteiger charge is 2.18. The fraction of sp³-hybridized carbons (Fsp3) is 0.0625. The lowest BCUT2D eigenvalue weighted by atomic mass is 10.1. The highest BCUT2D eigenvalue weighted by molar-refractivity contribution is 6.30. The number of aliphatic imine (C=N–C) groups is 1. The van der Waals surface area contributed by atoms with E-state index in [0.29, 0.717) is 22.9 Å². The smallest absolute Gasteiger partial charge is 0.338 e. The first-order valence-corrected chi connectivity index (χ1v) is 12.5. The minimum Gasteiger partial charge on any atom is -0.462 e. The van der Waals surface area contributed by atoms with Crippen LogP contribution in [0.3, 0.4) is 0 Å². The Bertz CT molecular complexity index is 1540. The van der Waals surface area contributed by atoms with Crippen molar-refractivity contribution in [3.05, 3.63) is 131 Å². The van der Waals surface area contributed by atoms with Crippen molar-refractivity contribution < 1.29 is 9.53 Å². The average molecular weight is 505 g/mol. The third-order valence-corrected chi connectivity index (χ3v) is 6.19. The van der Waals surface area contributed by atoms with E-state index in [1.165, 1.54) is 0 Å². The van der Waals surface area contributed by atoms with Gasteiger partial charge < -0.3 is 9.30 Å². The lowest BCUT2D eigenvalue weighted by Crippen LogP contribution is -2.03. The van der Waals surface area contributed by atoms with Crippen LogP contribution in [0.4, 0.5) is 5.69 Å². The highest BCUT2D eigenvalue weighted by Crippen LogP contribution is 2.36. The monoisotopic (exact) mass is 504 g/mol. The number of benzene rings is 4. The summed E-state index contributed by atoms with van der Waals surface area (Å²) in [6, 6.07) is 37.7. The molecule has 0 saturated carbocycles. The normalized spacial score (nSPS) is 11.1. The molecule has 4 nitrogen and oxygen atoms in total. The van der Waals surface area contributed by atoms with Gasteiger partial charge >= 0.3 is 5.97 Å². The Labute approximate surface area is 221 Å². The second-order valence-corrected chi connectivity index (χ2v) is 8.84. The van der Waals surface area contributed by atoms with Crippen LogP contribution in [0, 0.1) is 0 Å². The molecule has 0 aliphatic heterocycles. The molecule has 0 N–H and O–H groups in total. The number of carbonyl (C=O) groups is 1. The van der Waals surface area contributed by atoms with E-state index in [1.54, 1.807) is 19.1 Å². The van der Waals surface area contributed by atoms with Crippen molar-refractivity contribution in [2.75, 3.05) is 6.61 Å². The first-order chi connectivity index (χ1) is 18.1. The number of esters is 1. The minimum absolute atomic E-state index is 0.327. The maximum Gasteiger partial charge on any atom is 0.338 e. The molecule has 0 saturated heterocycles. The van der Waals surface area contributed by atoms with E-state index < -0.39 is 0 Å². The number of halogens is 1. The van der Waals surface area contributed by atoms with Crippen LogP contribution >= 0.6 is 11.6 Å². The van der Waals surface area contributed by atoms with Crippen LogP contribution in [-0.4, -0.2) is 23.4 Å². The second kappa shape index (κ2) is 11.1. The van der Waals surface area contributed by atoms with Crippen LogP contribution in [0.15, 0.2) is 120 Å². The first-order valence-electron chi connectivity index (χ1n) is 12.1. The summed E-state index contributed by atoms with van der Waals surface area (Å²) in [4.78, 5) is 17.0. The summed E-state index contributed by atoms with van der Waals surface area (Å²) in [6.45, 7) is 2.12. The Hall–Kier alpha value is -4.41. The second-order valence-electron chi connectivity index (χ2n) is 8.41. The van der Waals surface area contributed by atoms with Gasteiger partial charge in [-0.05, 0) is 66.6 Å². The summed E-state index contributed by atoms with van der Waals surface area (Å²) in [5.74, 6) is -0.357. The highest BCUT2D eigenvalue weighted by atomic mass is 35.5. The summed E-state index contributed by atoms with van der Waals surface area (Å²) in [5.41, 5.74) is 7.26. The summed E-state index contributed by atoms with van der Waals surface area (Å²) in [5, 5.41) is 0.682. The summed E-state index contributed by atoms with van der Waals surface area (Å²) in [7, 11) is 0. The van der Waals surface area contributed by atoms with Gasteiger partial charge in [-0.25, -0.2) is 4.79 Å². The molecule has 5 rings (SSSR count). The summed E-state index contributed by atoms with van der Waals surface area (Å²) in [6.07, 6.45) is 1.85. The lowest BCUT2D eigenvalue weighted by molar-refractivity contribution is 0.0526. The number of hydrogen-bond acceptors (Lipinski definition) is 3. The number of rotatable bonds is 7. The van der Waals surface area contributed by atoms with Crippen LogP contribution in [0.2, 0.25) is 5.02 Å². The molecule has 0 amide bonds. The molecule has 0 fully saturated rings. The van der Waals surface area contributed by atoms with E-state index in [4.69, 9.17) is 21.3 Å². The topological polar surface area (TPSA) is 43.6 Å². The zero-order valence-corrected chi connectivity index (χ0v) is 21.1. The Morgan fingerprint density at radius 1 is 0.838 bits per heavy atom. The first kappa shape index (κ1) is 24.3. The van der Waals surface area contributed by atoms with E-state index in [1.807, 2.05) is 79.0 Å². The molecule has 182 valence electrons. The average Bonchev–Trinajstić information content (AvgIpc) is 3.33. The SMILES string of the molecule is CCOC(=O)c1cccc(N=Cc2cc(-c3ccccc3)n(-c3ccc(Cl)cc3)c2-c2ccccc2)c1. The van der Waals surface area contributed by atoms with Crippen molar-refractivity contribution in [3.63, 3.8) is 0 Å². The van der Waals surface area contributed by atoms with Gasteiger partial charge in [0.2, 0.25) is 0 Å². The maximum atomic E-state index is 12.2. The van der Waals surface area contributed by atoms with Gasteiger partial charge in [-0.15, -0.1) is 0 Å². The van der Waals surface area contributed by atoms with Crippen molar-refractivity contribution in [2.24, 2.45) is 4.99 Å². The van der Waals surface area contributed by atoms with Crippen molar-refractivity contribution in [1.29, 1.82) is 0 Å². The molecule has 1 aromatic heterocycles. The summed E-state index contributed by atoms with van der Waals surface area (Å²) >= 11 is 6.23. The zero-order valence-electron chi connectivity index (χ0n) is 20.3. The van der Waals surface area contributed by atoms with Gasteiger partial charge in [-0.1, -0.05) is 78.3 Å². The van der Waals surface area contributed by atoms with Crippen LogP contribution in [0.5, 0.6) is 0 Å². The van der Waals surface area contributed by atoms with E-state index >= 15 is 0 Å². The van der Waals surface area contributed by atoms with Gasteiger partial charge in [-0.2, -0.15) is 0 Å². The Morgan fingerprint density at radius 3 is 2.19 bits per heavy atom. The molecule has 0 atom stereocenters. The number of carbonyl (C=O) groups excluding carboxylic acids is 1. The Morgan fingerprint density at radius 2 is 1.51 bits per heavy atom. The number of ether oxygens (including phenoxy) is 1. The number of hydrogen-bond donors (Lipinski definition) is 0. The molecule has 0 unspecified atom stereocenters. The molecule has 4 aromatic carbocycles. The van der Waals surface area contributed by atoms with Crippen LogP contribution in [-0.2, 0) is 4.74 Å². The lowest BCUT2D eigenvalue weighted by Gasteiger charge is -2.15. The standard InChI is InChI=1S/C32H25ClN2O2/c1-2-37-32(36)25-14-9-15-28(20-25)34-22-26-21-30(23-10-5-3-6-11-23)35(29-18-16-27(33)17-19-29)31(26)24-12-7-4-8-13-24/h3-22H,2H2,1H3. The number of nitrogens with zero attached hydrogens (tertiary/aromatic N) is 2. The quantitative estimate of drug-likeness (QED) is 0.165. The molecule has 5 aromatic rings. The molecule has 5 heteroatoms. The van der Waals surface area contributed by atoms with Gasteiger partial charge in [-0.3, -0.25) is 4.99 Å². The van der Waals surface area contributed by atoms with E-state index in [9.17, 15) is 4.79 Å². The fourth-order valence-electron chi connectivity index (χ4n) is 4.27. The van der Waals surface area contributed by atoms with E-state index in [-0.39, 0.29) is 5.97 Å². The molecule has 37 heavy (non-hydrogen) atoms. The molecule has 0 radical (unpaired) electrons. The van der Waals surface area contributed by atoms with Crippen LogP contribution < -0.4 is 0 Å². The van der Waals surface area contributed by atoms with Crippen molar-refractivity contribution in [1.82, 2.24) is 4.57 Å². The number of aromatic nitrogens is 1. The Balaban J connectivity index is 1.69. The van der Waals surface area contributed by atoms with E-state index in [0.717, 1.165) is 33.8 Å². The predicted molar refractivity (Wildman–Crippen MR) is 151 cm³/mol. The van der Waals surface area contributed by atoms with Crippen molar-refractivity contribution in [2.45, 2.75) is 6.92 Å². The molecule has 0 spiro atoms. The van der Waals surface area contributed by atoms with Gasteiger partial charge in [0, 0.05) is 22.5 Å². The predicted octanol–water partition coefficient (Wildman–Crippen LogP) is 8.39. The third-order valence-electron chi connectivity index (χ3n) is 5.94. The molecular weight excluding hydrogens is 480 g/mol.